The van der Waals surface area contributed by atoms with Crippen LogP contribution in [-0.2, 0) is 0 Å². The van der Waals surface area contributed by atoms with Crippen LogP contribution in [0.25, 0.3) is 82.5 Å². The second kappa shape index (κ2) is 7.62. The van der Waals surface area contributed by atoms with Gasteiger partial charge in [-0.05, 0) is 54.1 Å². The Bertz CT molecular complexity index is 2400. The smallest absolute Gasteiger partial charge is 0.143 e. The normalized spacial score (nSPS) is 12.1. The molecule has 0 saturated carbocycles. The van der Waals surface area contributed by atoms with Gasteiger partial charge in [0.1, 0.15) is 22.3 Å². The summed E-state index contributed by atoms with van der Waals surface area (Å²) in [6, 6.07) is 44.8. The quantitative estimate of drug-likeness (QED) is 0.237. The molecule has 0 N–H and O–H groups in total. The molecule has 0 atom stereocenters. The minimum Gasteiger partial charge on any atom is -0.456 e. The van der Waals surface area contributed by atoms with Gasteiger partial charge in [-0.15, -0.1) is 0 Å². The van der Waals surface area contributed by atoms with E-state index in [-0.39, 0.29) is 0 Å². The first-order chi connectivity index (χ1) is 19.3. The molecule has 9 aromatic rings. The summed E-state index contributed by atoms with van der Waals surface area (Å²) in [7, 11) is 0. The van der Waals surface area contributed by atoms with E-state index in [0.29, 0.717) is 0 Å². The fourth-order valence-electron chi connectivity index (χ4n) is 6.25. The zero-order chi connectivity index (χ0) is 25.5. The molecule has 0 amide bonds. The van der Waals surface area contributed by atoms with Crippen LogP contribution in [0.2, 0.25) is 0 Å². The third-order valence-corrected chi connectivity index (χ3v) is 8.01. The van der Waals surface area contributed by atoms with E-state index in [4.69, 9.17) is 8.83 Å². The third-order valence-electron chi connectivity index (χ3n) is 8.01. The van der Waals surface area contributed by atoms with Crippen molar-refractivity contribution in [2.24, 2.45) is 0 Å². The molecule has 3 nitrogen and oxygen atoms in total. The minimum atomic E-state index is 0.905. The highest BCUT2D eigenvalue weighted by Gasteiger charge is 2.17. The van der Waals surface area contributed by atoms with Crippen molar-refractivity contribution in [2.75, 3.05) is 0 Å². The van der Waals surface area contributed by atoms with Crippen LogP contribution in [0.1, 0.15) is 0 Å². The monoisotopic (exact) mass is 499 g/mol. The lowest BCUT2D eigenvalue weighted by Gasteiger charge is -2.09. The minimum absolute atomic E-state index is 0.905. The maximum Gasteiger partial charge on any atom is 0.143 e. The van der Waals surface area contributed by atoms with Gasteiger partial charge in [0, 0.05) is 43.6 Å². The molecule has 3 heteroatoms. The van der Waals surface area contributed by atoms with E-state index in [9.17, 15) is 0 Å². The summed E-state index contributed by atoms with van der Waals surface area (Å²) in [6.45, 7) is 0. The first-order valence-corrected chi connectivity index (χ1v) is 13.2. The molecular weight excluding hydrogens is 478 g/mol. The van der Waals surface area contributed by atoms with E-state index in [2.05, 4.69) is 108 Å². The van der Waals surface area contributed by atoms with Gasteiger partial charge in [0.25, 0.3) is 0 Å². The van der Waals surface area contributed by atoms with Gasteiger partial charge < -0.3 is 13.4 Å². The second-order valence-electron chi connectivity index (χ2n) is 10.1. The van der Waals surface area contributed by atoms with Crippen LogP contribution >= 0.6 is 0 Å². The number of aromatic nitrogens is 1. The van der Waals surface area contributed by atoms with E-state index < -0.39 is 0 Å². The lowest BCUT2D eigenvalue weighted by molar-refractivity contribution is 0.669. The lowest BCUT2D eigenvalue weighted by atomic mass is 10.0. The summed E-state index contributed by atoms with van der Waals surface area (Å²) >= 11 is 0. The molecular formula is C36H21NO2. The summed E-state index contributed by atoms with van der Waals surface area (Å²) in [5, 5.41) is 7.00. The average Bonchev–Trinajstić information content (AvgIpc) is 3.66. The van der Waals surface area contributed by atoms with Crippen molar-refractivity contribution < 1.29 is 8.83 Å². The Hall–Kier alpha value is -5.28. The molecule has 0 spiro atoms. The fraction of sp³-hybridized carbons (Fsp3) is 0. The molecule has 0 fully saturated rings. The van der Waals surface area contributed by atoms with Gasteiger partial charge >= 0.3 is 0 Å². The fourth-order valence-corrected chi connectivity index (χ4v) is 6.25. The Balaban J connectivity index is 1.31. The third kappa shape index (κ3) is 2.87. The molecule has 9 rings (SSSR count). The Morgan fingerprint density at radius 2 is 1.08 bits per heavy atom. The predicted octanol–water partition coefficient (Wildman–Crippen LogP) is 10.2. The first kappa shape index (κ1) is 20.7. The molecule has 0 saturated heterocycles. The average molecular weight is 500 g/mol. The van der Waals surface area contributed by atoms with Gasteiger partial charge in [-0.2, -0.15) is 0 Å². The highest BCUT2D eigenvalue weighted by molar-refractivity contribution is 6.13. The molecule has 0 radical (unpaired) electrons. The summed E-state index contributed by atoms with van der Waals surface area (Å²) in [5.41, 5.74) is 9.38. The lowest BCUT2D eigenvalue weighted by Crippen LogP contribution is -1.93. The molecule has 6 aromatic carbocycles. The molecule has 0 aliphatic rings. The van der Waals surface area contributed by atoms with Crippen LogP contribution in [0.3, 0.4) is 0 Å². The Labute approximate surface area is 223 Å². The molecule has 0 unspecified atom stereocenters. The Morgan fingerprint density at radius 1 is 0.410 bits per heavy atom. The molecule has 0 aliphatic carbocycles. The SMILES string of the molecule is c1ccc2c(c1)oc1ccc(-n3c4ccccc4c4cc(-c5cccc6c5oc5ccccc56)ccc43)cc12. The number of hydrogen-bond acceptors (Lipinski definition) is 2. The highest BCUT2D eigenvalue weighted by Crippen LogP contribution is 2.40. The Kier molecular flexibility index (Phi) is 4.05. The maximum absolute atomic E-state index is 6.37. The van der Waals surface area contributed by atoms with E-state index in [1.54, 1.807) is 0 Å². The van der Waals surface area contributed by atoms with Crippen LogP contribution < -0.4 is 0 Å². The van der Waals surface area contributed by atoms with Gasteiger partial charge in [0.2, 0.25) is 0 Å². The maximum atomic E-state index is 6.37. The van der Waals surface area contributed by atoms with Crippen LogP contribution in [0.4, 0.5) is 0 Å². The molecule has 182 valence electrons. The van der Waals surface area contributed by atoms with E-state index in [1.165, 1.54) is 21.8 Å². The molecule has 3 aromatic heterocycles. The van der Waals surface area contributed by atoms with Crippen molar-refractivity contribution in [3.63, 3.8) is 0 Å². The second-order valence-corrected chi connectivity index (χ2v) is 10.1. The van der Waals surface area contributed by atoms with Gasteiger partial charge in [0.05, 0.1) is 11.0 Å². The predicted molar refractivity (Wildman–Crippen MR) is 161 cm³/mol. The van der Waals surface area contributed by atoms with E-state index >= 15 is 0 Å². The molecule has 0 bridgehead atoms. The van der Waals surface area contributed by atoms with Crippen molar-refractivity contribution >= 4 is 65.7 Å². The number of fused-ring (bicyclic) bond motifs is 9. The number of nitrogens with zero attached hydrogens (tertiary/aromatic N) is 1. The van der Waals surface area contributed by atoms with Crippen LogP contribution in [0.15, 0.2) is 136 Å². The van der Waals surface area contributed by atoms with Gasteiger partial charge in [-0.25, -0.2) is 0 Å². The standard InChI is InChI=1S/C36H21NO2/c1-4-13-31-25(8-1)29-20-22(24-11-7-12-28-26-9-2-6-15-34(26)39-36(24)28)16-18-32(29)37(31)23-17-19-35-30(21-23)27-10-3-5-14-33(27)38-35/h1-21H. The van der Waals surface area contributed by atoms with Crippen LogP contribution in [0.5, 0.6) is 0 Å². The molecule has 0 aliphatic heterocycles. The van der Waals surface area contributed by atoms with Crippen molar-refractivity contribution in [2.45, 2.75) is 0 Å². The number of benzene rings is 6. The largest absolute Gasteiger partial charge is 0.456 e. The van der Waals surface area contributed by atoms with Crippen molar-refractivity contribution in [1.82, 2.24) is 4.57 Å². The van der Waals surface area contributed by atoms with Gasteiger partial charge in [0.15, 0.2) is 0 Å². The van der Waals surface area contributed by atoms with Gasteiger partial charge in [-0.1, -0.05) is 78.9 Å². The van der Waals surface area contributed by atoms with E-state index in [0.717, 1.165) is 60.7 Å². The zero-order valence-corrected chi connectivity index (χ0v) is 20.9. The first-order valence-electron chi connectivity index (χ1n) is 13.2. The summed E-state index contributed by atoms with van der Waals surface area (Å²) in [5.74, 6) is 0. The van der Waals surface area contributed by atoms with Crippen LogP contribution in [0, 0.1) is 0 Å². The number of para-hydroxylation sites is 4. The summed E-state index contributed by atoms with van der Waals surface area (Å²) in [6.07, 6.45) is 0. The molecule has 3 heterocycles. The summed E-state index contributed by atoms with van der Waals surface area (Å²) in [4.78, 5) is 0. The van der Waals surface area contributed by atoms with E-state index in [1.807, 2.05) is 24.3 Å². The van der Waals surface area contributed by atoms with Crippen molar-refractivity contribution in [3.05, 3.63) is 127 Å². The highest BCUT2D eigenvalue weighted by atomic mass is 16.3. The Morgan fingerprint density at radius 3 is 1.95 bits per heavy atom. The van der Waals surface area contributed by atoms with Crippen LogP contribution in [-0.4, -0.2) is 4.57 Å². The topological polar surface area (TPSA) is 31.2 Å². The number of furan rings is 2. The number of rotatable bonds is 2. The van der Waals surface area contributed by atoms with Crippen molar-refractivity contribution in [1.29, 1.82) is 0 Å². The number of hydrogen-bond donors (Lipinski definition) is 0. The van der Waals surface area contributed by atoms with Crippen molar-refractivity contribution in [3.8, 4) is 16.8 Å². The zero-order valence-electron chi connectivity index (χ0n) is 20.9. The summed E-state index contributed by atoms with van der Waals surface area (Å²) < 4.78 is 14.8. The van der Waals surface area contributed by atoms with Gasteiger partial charge in [-0.3, -0.25) is 0 Å². The molecule has 39 heavy (non-hydrogen) atoms.